The number of hydrogen-bond donors (Lipinski definition) is 0. The van der Waals surface area contributed by atoms with Gasteiger partial charge < -0.3 is 0 Å². The third kappa shape index (κ3) is 2.73. The van der Waals surface area contributed by atoms with Crippen molar-refractivity contribution in [1.29, 1.82) is 0 Å². The molecule has 4 bridgehead atoms. The maximum atomic E-state index is 3.66. The van der Waals surface area contributed by atoms with Gasteiger partial charge in [0.25, 0.3) is 0 Å². The monoisotopic (exact) mass is 392 g/mol. The number of benzene rings is 2. The Morgan fingerprint density at radius 2 is 0.850 bits per heavy atom. The quantitative estimate of drug-likeness (QED) is 0.537. The predicted octanol–water partition coefficient (Wildman–Crippen LogP) is 5.71. The lowest BCUT2D eigenvalue weighted by Crippen LogP contribution is -2.06. The van der Waals surface area contributed by atoms with E-state index in [2.05, 4.69) is 70.0 Å². The van der Waals surface area contributed by atoms with E-state index in [9.17, 15) is 0 Å². The number of rotatable bonds is 0. The first-order valence-electron chi connectivity index (χ1n) is 7.10. The number of hydrogen-bond acceptors (Lipinski definition) is 0. The Morgan fingerprint density at radius 1 is 0.600 bits per heavy atom. The second-order valence-corrected chi connectivity index (χ2v) is 7.53. The van der Waals surface area contributed by atoms with Crippen molar-refractivity contribution < 1.29 is 0 Å². The molecule has 1 aliphatic carbocycles. The summed E-state index contributed by atoms with van der Waals surface area (Å²) in [6, 6.07) is 9.15. The minimum atomic E-state index is 1.12. The van der Waals surface area contributed by atoms with Crippen LogP contribution in [0.3, 0.4) is 0 Å². The van der Waals surface area contributed by atoms with Gasteiger partial charge in [0, 0.05) is 8.95 Å². The number of halogens is 2. The molecule has 1 aliphatic rings. The van der Waals surface area contributed by atoms with Gasteiger partial charge in [-0.1, -0.05) is 31.9 Å². The molecule has 0 aliphatic heterocycles. The van der Waals surface area contributed by atoms with Crippen LogP contribution in [0.1, 0.15) is 33.4 Å². The van der Waals surface area contributed by atoms with Crippen LogP contribution in [-0.4, -0.2) is 0 Å². The molecule has 2 aromatic carbocycles. The van der Waals surface area contributed by atoms with Crippen LogP contribution in [0.25, 0.3) is 0 Å². The van der Waals surface area contributed by atoms with E-state index < -0.39 is 0 Å². The SMILES string of the molecule is Cc1c2cc(Br)cc1CCc1cc(Br)cc(c1C)CC2. The molecule has 2 aromatic rings. The Hall–Kier alpha value is -0.600. The first kappa shape index (κ1) is 14.3. The van der Waals surface area contributed by atoms with Gasteiger partial charge in [0.1, 0.15) is 0 Å². The molecule has 0 radical (unpaired) electrons. The largest absolute Gasteiger partial charge is 0.0508 e. The second kappa shape index (κ2) is 5.65. The summed E-state index contributed by atoms with van der Waals surface area (Å²) in [6.45, 7) is 4.55. The topological polar surface area (TPSA) is 0 Å². The van der Waals surface area contributed by atoms with Crippen LogP contribution in [0, 0.1) is 13.8 Å². The van der Waals surface area contributed by atoms with Crippen LogP contribution >= 0.6 is 31.9 Å². The summed E-state index contributed by atoms with van der Waals surface area (Å²) in [6.07, 6.45) is 4.48. The molecule has 0 spiro atoms. The standard InChI is InChI=1S/C18H18Br2/c1-11-13-3-5-15-9-18(20)10-16(12(15)2)6-4-14(11)8-17(19)7-13/h7-10H,3-6H2,1-2H3. The van der Waals surface area contributed by atoms with E-state index >= 15 is 0 Å². The number of fused-ring (bicyclic) bond motifs is 4. The summed E-state index contributed by atoms with van der Waals surface area (Å²) in [5.41, 5.74) is 8.90. The molecule has 3 rings (SSSR count). The summed E-state index contributed by atoms with van der Waals surface area (Å²) in [5.74, 6) is 0. The van der Waals surface area contributed by atoms with E-state index in [1.807, 2.05) is 0 Å². The minimum absolute atomic E-state index is 1.12. The third-order valence-electron chi connectivity index (χ3n) is 4.50. The highest BCUT2D eigenvalue weighted by atomic mass is 79.9. The van der Waals surface area contributed by atoms with Crippen molar-refractivity contribution in [1.82, 2.24) is 0 Å². The van der Waals surface area contributed by atoms with Crippen molar-refractivity contribution in [2.24, 2.45) is 0 Å². The fraction of sp³-hybridized carbons (Fsp3) is 0.333. The summed E-state index contributed by atoms with van der Waals surface area (Å²) in [5, 5.41) is 0. The zero-order chi connectivity index (χ0) is 14.3. The highest BCUT2D eigenvalue weighted by molar-refractivity contribution is 9.10. The van der Waals surface area contributed by atoms with Crippen molar-refractivity contribution in [3.8, 4) is 0 Å². The first-order valence-corrected chi connectivity index (χ1v) is 8.69. The van der Waals surface area contributed by atoms with Gasteiger partial charge in [0.05, 0.1) is 0 Å². The van der Waals surface area contributed by atoms with Gasteiger partial charge in [-0.25, -0.2) is 0 Å². The maximum absolute atomic E-state index is 3.66. The van der Waals surface area contributed by atoms with Crippen molar-refractivity contribution in [3.63, 3.8) is 0 Å². The van der Waals surface area contributed by atoms with Gasteiger partial charge >= 0.3 is 0 Å². The average Bonchev–Trinajstić information content (AvgIpc) is 2.40. The zero-order valence-corrected chi connectivity index (χ0v) is 15.1. The Labute approximate surface area is 137 Å². The van der Waals surface area contributed by atoms with Gasteiger partial charge in [0.2, 0.25) is 0 Å². The highest BCUT2D eigenvalue weighted by Crippen LogP contribution is 2.29. The van der Waals surface area contributed by atoms with Crippen LogP contribution in [0.2, 0.25) is 0 Å². The molecule has 0 aromatic heterocycles. The van der Waals surface area contributed by atoms with Crippen LogP contribution in [-0.2, 0) is 25.7 Å². The molecular formula is C18H18Br2. The molecule has 2 heteroatoms. The fourth-order valence-electron chi connectivity index (χ4n) is 3.17. The molecule has 0 atom stereocenters. The fourth-order valence-corrected chi connectivity index (χ4v) is 4.28. The number of aryl methyl sites for hydroxylation is 4. The summed E-state index contributed by atoms with van der Waals surface area (Å²) >= 11 is 7.33. The molecule has 0 fully saturated rings. The van der Waals surface area contributed by atoms with E-state index in [1.165, 1.54) is 42.3 Å². The summed E-state index contributed by atoms with van der Waals surface area (Å²) in [7, 11) is 0. The second-order valence-electron chi connectivity index (χ2n) is 5.70. The van der Waals surface area contributed by atoms with Crippen LogP contribution < -0.4 is 0 Å². The molecule has 0 heterocycles. The Bertz CT molecular complexity index is 562. The molecule has 20 heavy (non-hydrogen) atoms. The van der Waals surface area contributed by atoms with Crippen LogP contribution in [0.15, 0.2) is 33.2 Å². The van der Waals surface area contributed by atoms with Crippen LogP contribution in [0.4, 0.5) is 0 Å². The zero-order valence-electron chi connectivity index (χ0n) is 11.9. The van der Waals surface area contributed by atoms with Gasteiger partial charge in [-0.05, 0) is 97.2 Å². The molecule has 104 valence electrons. The van der Waals surface area contributed by atoms with E-state index in [1.54, 1.807) is 0 Å². The normalized spacial score (nSPS) is 14.2. The summed E-state index contributed by atoms with van der Waals surface area (Å²) < 4.78 is 2.44. The van der Waals surface area contributed by atoms with Crippen molar-refractivity contribution >= 4 is 31.9 Å². The van der Waals surface area contributed by atoms with Gasteiger partial charge in [-0.2, -0.15) is 0 Å². The molecule has 0 amide bonds. The summed E-state index contributed by atoms with van der Waals surface area (Å²) in [4.78, 5) is 0. The Kier molecular flexibility index (Phi) is 4.05. The minimum Gasteiger partial charge on any atom is -0.0508 e. The van der Waals surface area contributed by atoms with Gasteiger partial charge in [-0.15, -0.1) is 0 Å². The van der Waals surface area contributed by atoms with E-state index in [0.29, 0.717) is 0 Å². The smallest absolute Gasteiger partial charge is 0.0180 e. The lowest BCUT2D eigenvalue weighted by molar-refractivity contribution is 0.871. The lowest BCUT2D eigenvalue weighted by Gasteiger charge is -2.18. The Balaban J connectivity index is 2.10. The van der Waals surface area contributed by atoms with Gasteiger partial charge in [0.15, 0.2) is 0 Å². The highest BCUT2D eigenvalue weighted by Gasteiger charge is 2.13. The molecule has 0 saturated carbocycles. The van der Waals surface area contributed by atoms with Gasteiger partial charge in [-0.3, -0.25) is 0 Å². The lowest BCUT2D eigenvalue weighted by atomic mass is 9.88. The van der Waals surface area contributed by atoms with Crippen molar-refractivity contribution in [2.45, 2.75) is 39.5 Å². The molecule has 0 unspecified atom stereocenters. The van der Waals surface area contributed by atoms with E-state index in [4.69, 9.17) is 0 Å². The van der Waals surface area contributed by atoms with Crippen molar-refractivity contribution in [2.75, 3.05) is 0 Å². The maximum Gasteiger partial charge on any atom is 0.0180 e. The predicted molar refractivity (Wildman–Crippen MR) is 92.6 cm³/mol. The average molecular weight is 394 g/mol. The molecule has 0 nitrogen and oxygen atoms in total. The first-order chi connectivity index (χ1) is 9.54. The molecule has 0 N–H and O–H groups in total. The third-order valence-corrected chi connectivity index (χ3v) is 5.42. The van der Waals surface area contributed by atoms with E-state index in [-0.39, 0.29) is 0 Å². The van der Waals surface area contributed by atoms with Crippen molar-refractivity contribution in [3.05, 3.63) is 66.6 Å². The van der Waals surface area contributed by atoms with Crippen LogP contribution in [0.5, 0.6) is 0 Å². The molecule has 0 saturated heterocycles. The molecular weight excluding hydrogens is 376 g/mol. The Morgan fingerprint density at radius 3 is 1.10 bits per heavy atom. The van der Waals surface area contributed by atoms with E-state index in [0.717, 1.165) is 25.7 Å².